The lowest BCUT2D eigenvalue weighted by Gasteiger charge is -2.33. The van der Waals surface area contributed by atoms with E-state index in [2.05, 4.69) is 37.3 Å². The Hall–Kier alpha value is -3.95. The highest BCUT2D eigenvalue weighted by Gasteiger charge is 2.27. The molecule has 0 bridgehead atoms. The highest BCUT2D eigenvalue weighted by atomic mass is 35.5. The van der Waals surface area contributed by atoms with Gasteiger partial charge in [-0.25, -0.2) is 19.2 Å². The zero-order chi connectivity index (χ0) is 31.2. The van der Waals surface area contributed by atoms with Crippen LogP contribution in [0, 0.1) is 23.6 Å². The first-order valence-corrected chi connectivity index (χ1v) is 16.2. The predicted molar refractivity (Wildman–Crippen MR) is 175 cm³/mol. The maximum absolute atomic E-state index is 13.5. The van der Waals surface area contributed by atoms with Gasteiger partial charge in [0.15, 0.2) is 5.82 Å². The number of hydrogen-bond donors (Lipinski definition) is 3. The van der Waals surface area contributed by atoms with Gasteiger partial charge in [0.2, 0.25) is 0 Å². The summed E-state index contributed by atoms with van der Waals surface area (Å²) in [6.45, 7) is 4.84. The van der Waals surface area contributed by atoms with E-state index < -0.39 is 6.09 Å². The molecule has 0 saturated carbocycles. The van der Waals surface area contributed by atoms with E-state index in [1.807, 2.05) is 12.1 Å². The lowest BCUT2D eigenvalue weighted by atomic mass is 9.98. The fraction of sp³-hybridized carbons (Fsp3) is 0.364. The smallest absolute Gasteiger partial charge is 0.407 e. The van der Waals surface area contributed by atoms with Gasteiger partial charge in [-0.1, -0.05) is 35.6 Å². The monoisotopic (exact) mass is 648 g/mol. The van der Waals surface area contributed by atoms with Crippen LogP contribution in [-0.2, 0) is 6.61 Å². The largest absolute Gasteiger partial charge is 0.487 e. The van der Waals surface area contributed by atoms with Crippen molar-refractivity contribution in [3.05, 3.63) is 76.1 Å². The Balaban J connectivity index is 1.07. The molecule has 0 spiro atoms. The summed E-state index contributed by atoms with van der Waals surface area (Å²) >= 11 is 8.03. The van der Waals surface area contributed by atoms with Gasteiger partial charge in [0.05, 0.1) is 20.1 Å². The number of nitrogens with zero attached hydrogens (tertiary/aromatic N) is 4. The van der Waals surface area contributed by atoms with Crippen LogP contribution < -0.4 is 15.4 Å². The maximum atomic E-state index is 13.5. The number of aromatic nitrogens is 2. The summed E-state index contributed by atoms with van der Waals surface area (Å²) in [6, 6.07) is 13.7. The summed E-state index contributed by atoms with van der Waals surface area (Å²) in [5.74, 6) is 7.90. The van der Waals surface area contributed by atoms with Gasteiger partial charge in [-0.15, -0.1) is 11.3 Å². The van der Waals surface area contributed by atoms with Crippen LogP contribution in [0.1, 0.15) is 29.7 Å². The quantitative estimate of drug-likeness (QED) is 0.184. The van der Waals surface area contributed by atoms with Crippen LogP contribution in [0.4, 0.5) is 20.7 Å². The fourth-order valence-corrected chi connectivity index (χ4v) is 6.92. The van der Waals surface area contributed by atoms with E-state index in [1.54, 1.807) is 29.2 Å². The Labute approximate surface area is 270 Å². The van der Waals surface area contributed by atoms with Crippen LogP contribution in [0.2, 0.25) is 5.02 Å². The second kappa shape index (κ2) is 14.4. The molecule has 0 aliphatic carbocycles. The fourth-order valence-electron chi connectivity index (χ4n) is 5.76. The third-order valence-electron chi connectivity index (χ3n) is 8.07. The Bertz CT molecular complexity index is 1720. The minimum Gasteiger partial charge on any atom is -0.487 e. The number of carboxylic acid groups (broad SMARTS) is 1. The molecule has 0 unspecified atom stereocenters. The second-order valence-corrected chi connectivity index (χ2v) is 12.7. The SMILES string of the molecule is O=C(O)N(CCN1CCC[C@@H](C#Cc2cc3ncnc(Nc4ccc(OCc5cccc(F)c5)c(Cl)c4)c3s2)C1)[C@@H]1CCNC1. The molecule has 2 fully saturated rings. The molecule has 4 aromatic rings. The molecule has 2 aromatic carbocycles. The molecule has 1 amide bonds. The first-order chi connectivity index (χ1) is 21.9. The number of anilines is 2. The standard InChI is InChI=1S/C33H34ClFN6O3S/c34-28-16-25(7-9-30(28)44-20-23-3-1-5-24(35)15-23)39-32-31-29(37-21-38-32)17-27(45-31)8-6-22-4-2-12-40(19-22)13-14-41(33(42)43)26-10-11-36-18-26/h1,3,5,7,9,15-17,21-22,26,36H,2,4,10-14,18-20H2,(H,42,43)(H,37,38,39)/t22-,26+/m0/s1. The zero-order valence-electron chi connectivity index (χ0n) is 24.6. The van der Waals surface area contributed by atoms with Crippen LogP contribution >= 0.6 is 22.9 Å². The van der Waals surface area contributed by atoms with E-state index in [0.29, 0.717) is 28.7 Å². The Kier molecular flexibility index (Phi) is 9.96. The van der Waals surface area contributed by atoms with Crippen molar-refractivity contribution in [1.29, 1.82) is 0 Å². The van der Waals surface area contributed by atoms with Gasteiger partial charge in [-0.05, 0) is 74.3 Å². The number of thiophene rings is 1. The van der Waals surface area contributed by atoms with E-state index in [0.717, 1.165) is 72.8 Å². The van der Waals surface area contributed by atoms with E-state index in [9.17, 15) is 14.3 Å². The number of halogens is 2. The number of ether oxygens (including phenoxy) is 1. The van der Waals surface area contributed by atoms with Gasteiger partial charge >= 0.3 is 6.09 Å². The molecule has 2 aliphatic rings. The Morgan fingerprint density at radius 1 is 1.24 bits per heavy atom. The molecule has 0 radical (unpaired) electrons. The predicted octanol–water partition coefficient (Wildman–Crippen LogP) is 6.21. The molecule has 45 heavy (non-hydrogen) atoms. The van der Waals surface area contributed by atoms with Crippen molar-refractivity contribution in [1.82, 2.24) is 25.1 Å². The van der Waals surface area contributed by atoms with E-state index in [4.69, 9.17) is 16.3 Å². The van der Waals surface area contributed by atoms with Crippen molar-refractivity contribution in [2.75, 3.05) is 44.6 Å². The summed E-state index contributed by atoms with van der Waals surface area (Å²) in [5, 5.41) is 16.7. The van der Waals surface area contributed by atoms with Crippen LogP contribution in [-0.4, -0.2) is 76.3 Å². The van der Waals surface area contributed by atoms with E-state index in [1.165, 1.54) is 29.8 Å². The molecule has 4 heterocycles. The normalized spacial score (nSPS) is 18.4. The average molecular weight is 649 g/mol. The molecule has 2 aromatic heterocycles. The first-order valence-electron chi connectivity index (χ1n) is 15.0. The van der Waals surface area contributed by atoms with E-state index >= 15 is 0 Å². The summed E-state index contributed by atoms with van der Waals surface area (Å²) in [6.07, 6.45) is 3.61. The highest BCUT2D eigenvalue weighted by molar-refractivity contribution is 7.20. The van der Waals surface area contributed by atoms with Gasteiger partial charge < -0.3 is 30.3 Å². The summed E-state index contributed by atoms with van der Waals surface area (Å²) in [4.78, 5) is 25.6. The summed E-state index contributed by atoms with van der Waals surface area (Å²) in [5.41, 5.74) is 2.27. The molecular weight excluding hydrogens is 615 g/mol. The number of hydrogen-bond acceptors (Lipinski definition) is 8. The molecule has 234 valence electrons. The molecule has 12 heteroatoms. The number of nitrogens with one attached hydrogen (secondary N) is 2. The van der Waals surface area contributed by atoms with Crippen LogP contribution in [0.15, 0.2) is 54.9 Å². The van der Waals surface area contributed by atoms with Crippen LogP contribution in [0.5, 0.6) is 5.75 Å². The molecule has 2 aliphatic heterocycles. The summed E-state index contributed by atoms with van der Waals surface area (Å²) in [7, 11) is 0. The second-order valence-electron chi connectivity index (χ2n) is 11.3. The van der Waals surface area contributed by atoms with Crippen molar-refractivity contribution >= 4 is 50.8 Å². The van der Waals surface area contributed by atoms with Crippen molar-refractivity contribution in [2.24, 2.45) is 5.92 Å². The molecule has 6 rings (SSSR count). The van der Waals surface area contributed by atoms with Gasteiger partial charge in [0.1, 0.15) is 24.5 Å². The number of carbonyl (C=O) groups is 1. The topological polar surface area (TPSA) is 103 Å². The molecular formula is C33H34ClFN6O3S. The third kappa shape index (κ3) is 8.02. The average Bonchev–Trinajstić information content (AvgIpc) is 3.71. The lowest BCUT2D eigenvalue weighted by molar-refractivity contribution is 0.112. The van der Waals surface area contributed by atoms with Gasteiger partial charge in [0, 0.05) is 43.8 Å². The van der Waals surface area contributed by atoms with Crippen molar-refractivity contribution < 1.29 is 19.0 Å². The van der Waals surface area contributed by atoms with Gasteiger partial charge in [-0.2, -0.15) is 0 Å². The number of rotatable bonds is 9. The van der Waals surface area contributed by atoms with E-state index in [-0.39, 0.29) is 24.4 Å². The number of likely N-dealkylation sites (tertiary alicyclic amines) is 1. The van der Waals surface area contributed by atoms with Gasteiger partial charge in [0.25, 0.3) is 0 Å². The lowest BCUT2D eigenvalue weighted by Crippen LogP contribution is -2.46. The third-order valence-corrected chi connectivity index (χ3v) is 9.41. The minimum atomic E-state index is -0.842. The number of fused-ring (bicyclic) bond motifs is 1. The Morgan fingerprint density at radius 3 is 2.96 bits per heavy atom. The minimum absolute atomic E-state index is 0.0572. The van der Waals surface area contributed by atoms with Crippen LogP contribution in [0.25, 0.3) is 10.2 Å². The van der Waals surface area contributed by atoms with Crippen LogP contribution in [0.3, 0.4) is 0 Å². The van der Waals surface area contributed by atoms with Gasteiger partial charge in [-0.3, -0.25) is 0 Å². The Morgan fingerprint density at radius 2 is 2.16 bits per heavy atom. The zero-order valence-corrected chi connectivity index (χ0v) is 26.2. The first kappa shape index (κ1) is 31.0. The molecule has 2 saturated heterocycles. The number of piperidine rings is 1. The van der Waals surface area contributed by atoms with Crippen molar-refractivity contribution in [3.8, 4) is 17.6 Å². The maximum Gasteiger partial charge on any atom is 0.407 e. The number of amides is 1. The van der Waals surface area contributed by atoms with Crippen molar-refractivity contribution in [2.45, 2.75) is 31.9 Å². The summed E-state index contributed by atoms with van der Waals surface area (Å²) < 4.78 is 20.2. The van der Waals surface area contributed by atoms with Crippen molar-refractivity contribution in [3.63, 3.8) is 0 Å². The highest BCUT2D eigenvalue weighted by Crippen LogP contribution is 2.33. The number of benzene rings is 2. The molecule has 2 atom stereocenters. The molecule has 3 N–H and O–H groups in total. The molecule has 9 nitrogen and oxygen atoms in total.